The molecule has 1 aromatic carbocycles. The maximum absolute atomic E-state index is 5.47. The SMILES string of the molecule is C[C@@H](CN1CCC(c2nc3ccccc3n2C)CC1)N1CCOCC1. The summed E-state index contributed by atoms with van der Waals surface area (Å²) in [6, 6.07) is 9.09. The summed E-state index contributed by atoms with van der Waals surface area (Å²) < 4.78 is 7.77. The first-order valence-electron chi connectivity index (χ1n) is 9.68. The summed E-state index contributed by atoms with van der Waals surface area (Å²) in [5.74, 6) is 1.86. The van der Waals surface area contributed by atoms with E-state index in [0.29, 0.717) is 12.0 Å². The normalized spacial score (nSPS) is 22.5. The van der Waals surface area contributed by atoms with Crippen LogP contribution in [0.1, 0.15) is 31.5 Å². The van der Waals surface area contributed by atoms with Crippen molar-refractivity contribution in [3.8, 4) is 0 Å². The molecule has 0 aliphatic carbocycles. The zero-order chi connectivity index (χ0) is 17.2. The maximum Gasteiger partial charge on any atom is 0.112 e. The fourth-order valence-corrected chi connectivity index (χ4v) is 4.41. The Hall–Kier alpha value is -1.43. The van der Waals surface area contributed by atoms with E-state index in [1.54, 1.807) is 0 Å². The molecule has 2 saturated heterocycles. The highest BCUT2D eigenvalue weighted by Gasteiger charge is 2.26. The first-order chi connectivity index (χ1) is 12.2. The molecule has 0 amide bonds. The van der Waals surface area contributed by atoms with Gasteiger partial charge in [0.2, 0.25) is 0 Å². The van der Waals surface area contributed by atoms with Gasteiger partial charge in [-0.1, -0.05) is 12.1 Å². The molecule has 1 aromatic heterocycles. The highest BCUT2D eigenvalue weighted by Crippen LogP contribution is 2.29. The number of piperidine rings is 1. The van der Waals surface area contributed by atoms with Gasteiger partial charge in [-0.05, 0) is 45.0 Å². The standard InChI is InChI=1S/C20H30N4O/c1-16(24-11-13-25-14-12-24)15-23-9-7-17(8-10-23)20-21-18-5-3-4-6-19(18)22(20)2/h3-6,16-17H,7-15H2,1-2H3/t16-/m0/s1. The minimum atomic E-state index is 0.590. The summed E-state index contributed by atoms with van der Waals surface area (Å²) in [6.45, 7) is 9.84. The number of imidazole rings is 1. The van der Waals surface area contributed by atoms with Crippen molar-refractivity contribution >= 4 is 11.0 Å². The van der Waals surface area contributed by atoms with E-state index in [0.717, 1.165) is 31.8 Å². The second-order valence-electron chi connectivity index (χ2n) is 7.59. The Morgan fingerprint density at radius 1 is 1.12 bits per heavy atom. The van der Waals surface area contributed by atoms with Crippen molar-refractivity contribution in [3.05, 3.63) is 30.1 Å². The Bertz CT molecular complexity index is 699. The molecular weight excluding hydrogens is 312 g/mol. The predicted octanol–water partition coefficient (Wildman–Crippen LogP) is 2.47. The van der Waals surface area contributed by atoms with Gasteiger partial charge in [0, 0.05) is 38.6 Å². The molecule has 2 aliphatic rings. The molecular formula is C20H30N4O. The molecule has 136 valence electrons. The van der Waals surface area contributed by atoms with Gasteiger partial charge < -0.3 is 14.2 Å². The number of aryl methyl sites for hydroxylation is 1. The zero-order valence-corrected chi connectivity index (χ0v) is 15.5. The number of rotatable bonds is 4. The zero-order valence-electron chi connectivity index (χ0n) is 15.5. The van der Waals surface area contributed by atoms with Crippen LogP contribution in [0, 0.1) is 0 Å². The summed E-state index contributed by atoms with van der Waals surface area (Å²) in [6.07, 6.45) is 2.43. The summed E-state index contributed by atoms with van der Waals surface area (Å²) in [5, 5.41) is 0. The number of aromatic nitrogens is 2. The molecule has 3 heterocycles. The fourth-order valence-electron chi connectivity index (χ4n) is 4.41. The highest BCUT2D eigenvalue weighted by molar-refractivity contribution is 5.75. The topological polar surface area (TPSA) is 33.5 Å². The third kappa shape index (κ3) is 3.59. The predicted molar refractivity (Wildman–Crippen MR) is 101 cm³/mol. The molecule has 0 spiro atoms. The van der Waals surface area contributed by atoms with Crippen LogP contribution in [0.2, 0.25) is 0 Å². The van der Waals surface area contributed by atoms with Crippen LogP contribution in [0.4, 0.5) is 0 Å². The average Bonchev–Trinajstić information content (AvgIpc) is 3.00. The molecule has 1 atom stereocenters. The number of para-hydroxylation sites is 2. The van der Waals surface area contributed by atoms with E-state index in [2.05, 4.69) is 52.6 Å². The Labute approximate surface area is 150 Å². The van der Waals surface area contributed by atoms with E-state index in [9.17, 15) is 0 Å². The lowest BCUT2D eigenvalue weighted by Crippen LogP contribution is -2.48. The molecule has 0 unspecified atom stereocenters. The molecule has 25 heavy (non-hydrogen) atoms. The van der Waals surface area contributed by atoms with E-state index in [1.165, 1.54) is 43.8 Å². The number of fused-ring (bicyclic) bond motifs is 1. The molecule has 2 aliphatic heterocycles. The van der Waals surface area contributed by atoms with Gasteiger partial charge in [-0.25, -0.2) is 4.98 Å². The monoisotopic (exact) mass is 342 g/mol. The minimum Gasteiger partial charge on any atom is -0.379 e. The van der Waals surface area contributed by atoms with Crippen molar-refractivity contribution in [1.29, 1.82) is 0 Å². The number of hydrogen-bond acceptors (Lipinski definition) is 4. The molecule has 5 heteroatoms. The van der Waals surface area contributed by atoms with Gasteiger partial charge in [0.15, 0.2) is 0 Å². The van der Waals surface area contributed by atoms with Crippen LogP contribution >= 0.6 is 0 Å². The third-order valence-corrected chi connectivity index (χ3v) is 5.97. The minimum absolute atomic E-state index is 0.590. The quantitative estimate of drug-likeness (QED) is 0.855. The summed E-state index contributed by atoms with van der Waals surface area (Å²) in [5.41, 5.74) is 2.38. The van der Waals surface area contributed by atoms with Crippen LogP contribution in [-0.4, -0.2) is 71.3 Å². The van der Waals surface area contributed by atoms with Crippen LogP contribution in [0.15, 0.2) is 24.3 Å². The average molecular weight is 342 g/mol. The van der Waals surface area contributed by atoms with Gasteiger partial charge in [0.1, 0.15) is 5.82 Å². The number of likely N-dealkylation sites (tertiary alicyclic amines) is 1. The molecule has 0 radical (unpaired) electrons. The van der Waals surface area contributed by atoms with Crippen molar-refractivity contribution in [2.24, 2.45) is 7.05 Å². The largest absolute Gasteiger partial charge is 0.379 e. The van der Waals surface area contributed by atoms with Crippen molar-refractivity contribution in [2.45, 2.75) is 31.7 Å². The second kappa shape index (κ2) is 7.44. The van der Waals surface area contributed by atoms with E-state index >= 15 is 0 Å². The Kier molecular flexibility index (Phi) is 5.06. The molecule has 0 bridgehead atoms. The van der Waals surface area contributed by atoms with Crippen molar-refractivity contribution in [2.75, 3.05) is 45.9 Å². The Balaban J connectivity index is 1.35. The van der Waals surface area contributed by atoms with Gasteiger partial charge in [-0.2, -0.15) is 0 Å². The van der Waals surface area contributed by atoms with E-state index in [1.807, 2.05) is 0 Å². The van der Waals surface area contributed by atoms with Crippen molar-refractivity contribution in [1.82, 2.24) is 19.4 Å². The lowest BCUT2D eigenvalue weighted by atomic mass is 9.95. The number of nitrogens with zero attached hydrogens (tertiary/aromatic N) is 4. The van der Waals surface area contributed by atoms with Crippen LogP contribution < -0.4 is 0 Å². The molecule has 2 aromatic rings. The van der Waals surface area contributed by atoms with Crippen LogP contribution in [0.25, 0.3) is 11.0 Å². The maximum atomic E-state index is 5.47. The van der Waals surface area contributed by atoms with Crippen molar-refractivity contribution < 1.29 is 4.74 Å². The molecule has 0 saturated carbocycles. The van der Waals surface area contributed by atoms with Crippen LogP contribution in [0.3, 0.4) is 0 Å². The van der Waals surface area contributed by atoms with Crippen molar-refractivity contribution in [3.63, 3.8) is 0 Å². The second-order valence-corrected chi connectivity index (χ2v) is 7.59. The fraction of sp³-hybridized carbons (Fsp3) is 0.650. The summed E-state index contributed by atoms with van der Waals surface area (Å²) in [7, 11) is 2.16. The van der Waals surface area contributed by atoms with Gasteiger partial charge >= 0.3 is 0 Å². The smallest absolute Gasteiger partial charge is 0.112 e. The molecule has 2 fully saturated rings. The van der Waals surface area contributed by atoms with Crippen LogP contribution in [-0.2, 0) is 11.8 Å². The first kappa shape index (κ1) is 17.0. The third-order valence-electron chi connectivity index (χ3n) is 5.97. The number of morpholine rings is 1. The molecule has 0 N–H and O–H groups in total. The lowest BCUT2D eigenvalue weighted by Gasteiger charge is -2.38. The van der Waals surface area contributed by atoms with Gasteiger partial charge in [0.05, 0.1) is 24.2 Å². The van der Waals surface area contributed by atoms with Gasteiger partial charge in [-0.3, -0.25) is 4.90 Å². The van der Waals surface area contributed by atoms with Crippen LogP contribution in [0.5, 0.6) is 0 Å². The lowest BCUT2D eigenvalue weighted by molar-refractivity contribution is 0.0106. The summed E-state index contributed by atoms with van der Waals surface area (Å²) in [4.78, 5) is 10.1. The Morgan fingerprint density at radius 2 is 1.84 bits per heavy atom. The van der Waals surface area contributed by atoms with E-state index < -0.39 is 0 Å². The molecule has 4 rings (SSSR count). The number of benzene rings is 1. The van der Waals surface area contributed by atoms with Gasteiger partial charge in [0.25, 0.3) is 0 Å². The Morgan fingerprint density at radius 3 is 2.56 bits per heavy atom. The van der Waals surface area contributed by atoms with Gasteiger partial charge in [-0.15, -0.1) is 0 Å². The highest BCUT2D eigenvalue weighted by atomic mass is 16.5. The molecule has 5 nitrogen and oxygen atoms in total. The van der Waals surface area contributed by atoms with E-state index in [-0.39, 0.29) is 0 Å². The number of hydrogen-bond donors (Lipinski definition) is 0. The number of ether oxygens (including phenoxy) is 1. The first-order valence-corrected chi connectivity index (χ1v) is 9.68. The van der Waals surface area contributed by atoms with E-state index in [4.69, 9.17) is 9.72 Å². The summed E-state index contributed by atoms with van der Waals surface area (Å²) >= 11 is 0.